The standard InChI is InChI=1S/C13H18N2O2S2/c1-2-19(16,17)9-8-14-13-15-12(10-18-13)11-6-4-3-5-7-11/h3-7,12H,2,8-10H2,1H3,(H,14,15). The van der Waals surface area contributed by atoms with Crippen LogP contribution in [0.3, 0.4) is 0 Å². The second-order valence-corrected chi connectivity index (χ2v) is 7.82. The molecule has 104 valence electrons. The number of hydrogen-bond acceptors (Lipinski definition) is 4. The van der Waals surface area contributed by atoms with Crippen molar-refractivity contribution in [2.24, 2.45) is 4.99 Å². The highest BCUT2D eigenvalue weighted by atomic mass is 32.2. The lowest BCUT2D eigenvalue weighted by atomic mass is 10.1. The zero-order valence-electron chi connectivity index (χ0n) is 10.9. The Bertz CT molecular complexity index is 541. The van der Waals surface area contributed by atoms with Crippen LogP contribution < -0.4 is 5.32 Å². The van der Waals surface area contributed by atoms with E-state index < -0.39 is 9.84 Å². The fraction of sp³-hybridized carbons (Fsp3) is 0.462. The lowest BCUT2D eigenvalue weighted by molar-refractivity contribution is 0.597. The number of aliphatic imine (C=N–C) groups is 1. The van der Waals surface area contributed by atoms with Crippen molar-refractivity contribution in [3.05, 3.63) is 35.9 Å². The molecule has 0 aromatic heterocycles. The molecule has 19 heavy (non-hydrogen) atoms. The van der Waals surface area contributed by atoms with Crippen molar-refractivity contribution in [3.63, 3.8) is 0 Å². The van der Waals surface area contributed by atoms with Gasteiger partial charge in [-0.15, -0.1) is 0 Å². The smallest absolute Gasteiger partial charge is 0.157 e. The van der Waals surface area contributed by atoms with E-state index >= 15 is 0 Å². The molecule has 0 saturated carbocycles. The van der Waals surface area contributed by atoms with Gasteiger partial charge < -0.3 is 5.32 Å². The Balaban J connectivity index is 1.88. The molecule has 1 aliphatic rings. The van der Waals surface area contributed by atoms with Gasteiger partial charge in [0.25, 0.3) is 0 Å². The van der Waals surface area contributed by atoms with Crippen molar-refractivity contribution in [1.29, 1.82) is 0 Å². The fourth-order valence-electron chi connectivity index (χ4n) is 1.78. The van der Waals surface area contributed by atoms with Gasteiger partial charge in [0.1, 0.15) is 0 Å². The summed E-state index contributed by atoms with van der Waals surface area (Å²) < 4.78 is 22.7. The zero-order chi connectivity index (χ0) is 13.7. The lowest BCUT2D eigenvalue weighted by Gasteiger charge is -2.09. The van der Waals surface area contributed by atoms with Crippen molar-refractivity contribution >= 4 is 26.8 Å². The summed E-state index contributed by atoms with van der Waals surface area (Å²) in [6.07, 6.45) is 0. The van der Waals surface area contributed by atoms with Crippen LogP contribution in [0.5, 0.6) is 0 Å². The van der Waals surface area contributed by atoms with E-state index in [-0.39, 0.29) is 17.5 Å². The molecule has 1 aromatic rings. The van der Waals surface area contributed by atoms with E-state index in [1.54, 1.807) is 18.7 Å². The first-order valence-corrected chi connectivity index (χ1v) is 9.10. The summed E-state index contributed by atoms with van der Waals surface area (Å²) in [7, 11) is -2.92. The van der Waals surface area contributed by atoms with Gasteiger partial charge in [0.2, 0.25) is 0 Å². The first-order valence-electron chi connectivity index (χ1n) is 6.30. The molecule has 4 nitrogen and oxygen atoms in total. The number of sulfone groups is 1. The molecule has 0 aliphatic carbocycles. The van der Waals surface area contributed by atoms with Crippen molar-refractivity contribution < 1.29 is 8.42 Å². The maximum Gasteiger partial charge on any atom is 0.157 e. The average Bonchev–Trinajstić information content (AvgIpc) is 2.88. The molecule has 0 spiro atoms. The van der Waals surface area contributed by atoms with Crippen LogP contribution in [0.1, 0.15) is 18.5 Å². The molecule has 0 radical (unpaired) electrons. The maximum atomic E-state index is 11.4. The van der Waals surface area contributed by atoms with Crippen LogP contribution in [0.4, 0.5) is 0 Å². The molecule has 1 aromatic carbocycles. The molecular formula is C13H18N2O2S2. The van der Waals surface area contributed by atoms with Gasteiger partial charge in [-0.05, 0) is 5.56 Å². The van der Waals surface area contributed by atoms with Crippen LogP contribution in [-0.2, 0) is 9.84 Å². The van der Waals surface area contributed by atoms with E-state index in [0.29, 0.717) is 6.54 Å². The Hall–Kier alpha value is -1.01. The minimum atomic E-state index is -2.92. The van der Waals surface area contributed by atoms with Gasteiger partial charge in [-0.1, -0.05) is 49.0 Å². The van der Waals surface area contributed by atoms with Crippen LogP contribution in [0.2, 0.25) is 0 Å². The summed E-state index contributed by atoms with van der Waals surface area (Å²) in [5, 5.41) is 4.18. The second-order valence-electron chi connectivity index (χ2n) is 4.34. The Labute approximate surface area is 118 Å². The van der Waals surface area contributed by atoms with Gasteiger partial charge in [0.05, 0.1) is 18.3 Å². The number of nitrogens with zero attached hydrogens (tertiary/aromatic N) is 1. The summed E-state index contributed by atoms with van der Waals surface area (Å²) in [4.78, 5) is 4.32. The van der Waals surface area contributed by atoms with Crippen LogP contribution in [0.25, 0.3) is 0 Å². The minimum absolute atomic E-state index is 0.130. The van der Waals surface area contributed by atoms with Crippen molar-refractivity contribution in [1.82, 2.24) is 5.32 Å². The normalized spacial score (nSPS) is 21.5. The predicted octanol–water partition coefficient (Wildman–Crippen LogP) is 1.85. The number of rotatable bonds is 5. The van der Waals surface area contributed by atoms with Crippen LogP contribution in [0.15, 0.2) is 35.3 Å². The second kappa shape index (κ2) is 6.43. The summed E-state index contributed by atoms with van der Waals surface area (Å²) in [6.45, 7) is 2.00. The average molecular weight is 298 g/mol. The third kappa shape index (κ3) is 4.24. The highest BCUT2D eigenvalue weighted by molar-refractivity contribution is 8.14. The Kier molecular flexibility index (Phi) is 4.87. The molecule has 1 fully saturated rings. The molecule has 1 aliphatic heterocycles. The Morgan fingerprint density at radius 3 is 2.79 bits per heavy atom. The molecule has 0 bridgehead atoms. The highest BCUT2D eigenvalue weighted by Crippen LogP contribution is 2.25. The number of amidine groups is 1. The molecular weight excluding hydrogens is 280 g/mol. The van der Waals surface area contributed by atoms with Gasteiger partial charge in [-0.25, -0.2) is 8.42 Å². The van der Waals surface area contributed by atoms with Gasteiger partial charge in [-0.2, -0.15) is 0 Å². The molecule has 1 unspecified atom stereocenters. The zero-order valence-corrected chi connectivity index (χ0v) is 12.5. The first-order chi connectivity index (χ1) is 9.11. The van der Waals surface area contributed by atoms with E-state index in [1.165, 1.54) is 5.56 Å². The van der Waals surface area contributed by atoms with Gasteiger partial charge in [0.15, 0.2) is 15.0 Å². The Morgan fingerprint density at radius 1 is 1.37 bits per heavy atom. The molecule has 1 atom stereocenters. The summed E-state index contributed by atoms with van der Waals surface area (Å²) in [5.41, 5.74) is 1.24. The third-order valence-electron chi connectivity index (χ3n) is 2.98. The van der Waals surface area contributed by atoms with Gasteiger partial charge >= 0.3 is 0 Å². The topological polar surface area (TPSA) is 58.5 Å². The van der Waals surface area contributed by atoms with Gasteiger partial charge in [-0.3, -0.25) is 4.99 Å². The number of benzene rings is 1. The highest BCUT2D eigenvalue weighted by Gasteiger charge is 2.21. The van der Waals surface area contributed by atoms with Crippen molar-refractivity contribution in [3.8, 4) is 0 Å². The molecule has 0 amide bonds. The fourth-order valence-corrected chi connectivity index (χ4v) is 3.45. The summed E-state index contributed by atoms with van der Waals surface area (Å²) in [6, 6.07) is 10.5. The van der Waals surface area contributed by atoms with E-state index in [2.05, 4.69) is 22.4 Å². The largest absolute Gasteiger partial charge is 0.357 e. The van der Waals surface area contributed by atoms with Crippen molar-refractivity contribution in [2.45, 2.75) is 13.0 Å². The van der Waals surface area contributed by atoms with E-state index in [9.17, 15) is 8.42 Å². The number of thioether (sulfide) groups is 1. The number of nitrogens with one attached hydrogen (secondary N) is 1. The molecule has 6 heteroatoms. The quantitative estimate of drug-likeness (QED) is 0.901. The van der Waals surface area contributed by atoms with E-state index in [1.807, 2.05) is 18.2 Å². The molecule has 2 rings (SSSR count). The number of hydrogen-bond donors (Lipinski definition) is 1. The summed E-state index contributed by atoms with van der Waals surface area (Å²) >= 11 is 1.65. The SMILES string of the molecule is CCS(=O)(=O)CCN=C1NC(c2ccccc2)CS1. The van der Waals surface area contributed by atoms with Crippen molar-refractivity contribution in [2.75, 3.05) is 23.8 Å². The lowest BCUT2D eigenvalue weighted by Crippen LogP contribution is -2.20. The monoisotopic (exact) mass is 298 g/mol. The van der Waals surface area contributed by atoms with Gasteiger partial charge in [0, 0.05) is 11.5 Å². The third-order valence-corrected chi connectivity index (χ3v) is 5.69. The molecule has 1 saturated heterocycles. The molecule has 1 heterocycles. The van der Waals surface area contributed by atoms with E-state index in [0.717, 1.165) is 10.9 Å². The van der Waals surface area contributed by atoms with Crippen LogP contribution in [0, 0.1) is 0 Å². The molecule has 1 N–H and O–H groups in total. The predicted molar refractivity (Wildman–Crippen MR) is 81.4 cm³/mol. The first kappa shape index (κ1) is 14.4. The minimum Gasteiger partial charge on any atom is -0.357 e. The summed E-state index contributed by atoms with van der Waals surface area (Å²) in [5.74, 6) is 1.25. The van der Waals surface area contributed by atoms with Crippen LogP contribution >= 0.6 is 11.8 Å². The van der Waals surface area contributed by atoms with Crippen LogP contribution in [-0.4, -0.2) is 37.4 Å². The van der Waals surface area contributed by atoms with E-state index in [4.69, 9.17) is 0 Å². The maximum absolute atomic E-state index is 11.4. The Morgan fingerprint density at radius 2 is 2.11 bits per heavy atom.